The molecular formula is C16H27N3. The van der Waals surface area contributed by atoms with Gasteiger partial charge in [0.15, 0.2) is 0 Å². The summed E-state index contributed by atoms with van der Waals surface area (Å²) in [6.07, 6.45) is 5.47. The Morgan fingerprint density at radius 3 is 2.79 bits per heavy atom. The number of hydrogen-bond donors (Lipinski definition) is 1. The fraction of sp³-hybridized carbons (Fsp3) is 0.688. The predicted molar refractivity (Wildman–Crippen MR) is 81.6 cm³/mol. The van der Waals surface area contributed by atoms with Crippen molar-refractivity contribution in [2.75, 3.05) is 18.0 Å². The van der Waals surface area contributed by atoms with E-state index in [9.17, 15) is 0 Å². The summed E-state index contributed by atoms with van der Waals surface area (Å²) in [6, 6.07) is 2.44. The van der Waals surface area contributed by atoms with Crippen LogP contribution in [0.2, 0.25) is 0 Å². The highest BCUT2D eigenvalue weighted by Crippen LogP contribution is 2.32. The van der Waals surface area contributed by atoms with Gasteiger partial charge in [-0.1, -0.05) is 19.9 Å². The van der Waals surface area contributed by atoms with Crippen molar-refractivity contribution < 1.29 is 0 Å². The van der Waals surface area contributed by atoms with Gasteiger partial charge < -0.3 is 10.6 Å². The minimum Gasteiger partial charge on any atom is -0.356 e. The second kappa shape index (κ2) is 5.49. The molecule has 0 radical (unpaired) electrons. The molecule has 1 aromatic heterocycles. The minimum atomic E-state index is 0.195. The van der Waals surface area contributed by atoms with E-state index in [1.807, 2.05) is 13.1 Å². The molecule has 2 rings (SSSR count). The van der Waals surface area contributed by atoms with Crippen molar-refractivity contribution in [2.45, 2.75) is 53.0 Å². The van der Waals surface area contributed by atoms with E-state index in [4.69, 9.17) is 10.7 Å². The molecule has 0 saturated carbocycles. The lowest BCUT2D eigenvalue weighted by molar-refractivity contribution is 0.292. The highest BCUT2D eigenvalue weighted by molar-refractivity contribution is 5.48. The van der Waals surface area contributed by atoms with Crippen LogP contribution in [0.3, 0.4) is 0 Å². The Morgan fingerprint density at radius 1 is 1.47 bits per heavy atom. The zero-order chi connectivity index (χ0) is 14.0. The molecule has 0 aliphatic carbocycles. The maximum absolute atomic E-state index is 5.85. The molecule has 3 nitrogen and oxygen atoms in total. The summed E-state index contributed by atoms with van der Waals surface area (Å²) >= 11 is 0. The van der Waals surface area contributed by atoms with Crippen LogP contribution in [0, 0.1) is 12.3 Å². The number of aryl methyl sites for hydroxylation is 1. The minimum absolute atomic E-state index is 0.195. The second-order valence-corrected chi connectivity index (χ2v) is 6.85. The molecule has 1 fully saturated rings. The summed E-state index contributed by atoms with van der Waals surface area (Å²) in [4.78, 5) is 7.13. The zero-order valence-corrected chi connectivity index (χ0v) is 12.7. The maximum Gasteiger partial charge on any atom is 0.131 e. The monoisotopic (exact) mass is 261 g/mol. The molecule has 1 atom stereocenters. The van der Waals surface area contributed by atoms with Crippen molar-refractivity contribution in [3.8, 4) is 0 Å². The van der Waals surface area contributed by atoms with Crippen LogP contribution in [0.25, 0.3) is 0 Å². The summed E-state index contributed by atoms with van der Waals surface area (Å²) in [5, 5.41) is 0. The third-order valence-corrected chi connectivity index (χ3v) is 3.86. The maximum atomic E-state index is 5.85. The van der Waals surface area contributed by atoms with E-state index in [-0.39, 0.29) is 6.04 Å². The Kier molecular flexibility index (Phi) is 4.14. The molecule has 3 heteroatoms. The molecule has 1 aliphatic rings. The van der Waals surface area contributed by atoms with Crippen molar-refractivity contribution in [1.82, 2.24) is 4.98 Å². The van der Waals surface area contributed by atoms with Gasteiger partial charge in [0.05, 0.1) is 0 Å². The zero-order valence-electron chi connectivity index (χ0n) is 12.7. The summed E-state index contributed by atoms with van der Waals surface area (Å²) in [5.74, 6) is 1.15. The average Bonchev–Trinajstić information content (AvgIpc) is 2.26. The Morgan fingerprint density at radius 2 is 2.21 bits per heavy atom. The highest BCUT2D eigenvalue weighted by Gasteiger charge is 2.27. The van der Waals surface area contributed by atoms with Gasteiger partial charge in [0, 0.05) is 25.3 Å². The SMILES string of the molecule is Cc1cc(CC(C)N)cnc1N1CCCC(C)(C)C1. The molecule has 1 unspecified atom stereocenters. The molecule has 19 heavy (non-hydrogen) atoms. The number of piperidine rings is 1. The Bertz CT molecular complexity index is 438. The summed E-state index contributed by atoms with van der Waals surface area (Å²) in [5.41, 5.74) is 8.77. The highest BCUT2D eigenvalue weighted by atomic mass is 15.2. The molecule has 0 bridgehead atoms. The van der Waals surface area contributed by atoms with Gasteiger partial charge in [-0.05, 0) is 49.7 Å². The topological polar surface area (TPSA) is 42.1 Å². The molecule has 1 saturated heterocycles. The normalized spacial score (nSPS) is 20.4. The lowest BCUT2D eigenvalue weighted by Crippen LogP contribution is -2.40. The van der Waals surface area contributed by atoms with Crippen molar-refractivity contribution in [3.05, 3.63) is 23.4 Å². The number of anilines is 1. The van der Waals surface area contributed by atoms with Crippen LogP contribution < -0.4 is 10.6 Å². The van der Waals surface area contributed by atoms with E-state index >= 15 is 0 Å². The molecule has 1 aromatic rings. The fourth-order valence-electron chi connectivity index (χ4n) is 3.04. The number of nitrogens with zero attached hydrogens (tertiary/aromatic N) is 2. The molecule has 0 aromatic carbocycles. The Labute approximate surface area is 117 Å². The van der Waals surface area contributed by atoms with Crippen LogP contribution in [0.4, 0.5) is 5.82 Å². The van der Waals surface area contributed by atoms with Crippen LogP contribution in [-0.4, -0.2) is 24.1 Å². The van der Waals surface area contributed by atoms with Gasteiger partial charge in [-0.15, -0.1) is 0 Å². The number of rotatable bonds is 3. The van der Waals surface area contributed by atoms with Crippen molar-refractivity contribution in [3.63, 3.8) is 0 Å². The van der Waals surface area contributed by atoms with E-state index in [0.29, 0.717) is 5.41 Å². The number of hydrogen-bond acceptors (Lipinski definition) is 3. The van der Waals surface area contributed by atoms with Crippen LogP contribution in [0.15, 0.2) is 12.3 Å². The van der Waals surface area contributed by atoms with Gasteiger partial charge in [0.2, 0.25) is 0 Å². The first-order chi connectivity index (χ1) is 8.87. The van der Waals surface area contributed by atoms with E-state index in [2.05, 4.69) is 31.7 Å². The number of nitrogens with two attached hydrogens (primary N) is 1. The summed E-state index contributed by atoms with van der Waals surface area (Å²) in [7, 11) is 0. The smallest absolute Gasteiger partial charge is 0.131 e. The molecule has 106 valence electrons. The molecule has 2 heterocycles. The van der Waals surface area contributed by atoms with Crippen LogP contribution in [0.1, 0.15) is 44.7 Å². The van der Waals surface area contributed by atoms with Gasteiger partial charge in [0.1, 0.15) is 5.82 Å². The number of aromatic nitrogens is 1. The molecule has 0 amide bonds. The van der Waals surface area contributed by atoms with Gasteiger partial charge >= 0.3 is 0 Å². The van der Waals surface area contributed by atoms with Crippen molar-refractivity contribution in [1.29, 1.82) is 0 Å². The first-order valence-corrected chi connectivity index (χ1v) is 7.33. The molecule has 2 N–H and O–H groups in total. The third kappa shape index (κ3) is 3.69. The first-order valence-electron chi connectivity index (χ1n) is 7.33. The van der Waals surface area contributed by atoms with E-state index < -0.39 is 0 Å². The summed E-state index contributed by atoms with van der Waals surface area (Å²) < 4.78 is 0. The lowest BCUT2D eigenvalue weighted by Gasteiger charge is -2.39. The second-order valence-electron chi connectivity index (χ2n) is 6.85. The van der Waals surface area contributed by atoms with Crippen LogP contribution >= 0.6 is 0 Å². The molecular weight excluding hydrogens is 234 g/mol. The molecule has 1 aliphatic heterocycles. The largest absolute Gasteiger partial charge is 0.356 e. The van der Waals surface area contributed by atoms with Gasteiger partial charge in [-0.25, -0.2) is 4.98 Å². The van der Waals surface area contributed by atoms with Crippen molar-refractivity contribution >= 4 is 5.82 Å². The van der Waals surface area contributed by atoms with E-state index in [1.165, 1.54) is 24.0 Å². The third-order valence-electron chi connectivity index (χ3n) is 3.86. The van der Waals surface area contributed by atoms with E-state index in [0.717, 1.165) is 25.3 Å². The summed E-state index contributed by atoms with van der Waals surface area (Å²) in [6.45, 7) is 11.1. The van der Waals surface area contributed by atoms with Crippen LogP contribution in [-0.2, 0) is 6.42 Å². The lowest BCUT2D eigenvalue weighted by atomic mass is 9.84. The first kappa shape index (κ1) is 14.3. The van der Waals surface area contributed by atoms with Crippen molar-refractivity contribution in [2.24, 2.45) is 11.1 Å². The van der Waals surface area contributed by atoms with Crippen LogP contribution in [0.5, 0.6) is 0 Å². The van der Waals surface area contributed by atoms with Gasteiger partial charge in [0.25, 0.3) is 0 Å². The quantitative estimate of drug-likeness (QED) is 0.909. The Balaban J connectivity index is 2.16. The average molecular weight is 261 g/mol. The fourth-order valence-corrected chi connectivity index (χ4v) is 3.04. The standard InChI is InChI=1S/C16H27N3/c1-12-8-14(9-13(2)17)10-18-15(12)19-7-5-6-16(3,4)11-19/h8,10,13H,5-7,9,11,17H2,1-4H3. The molecule has 0 spiro atoms. The van der Waals surface area contributed by atoms with E-state index in [1.54, 1.807) is 0 Å². The number of pyridine rings is 1. The Hall–Kier alpha value is -1.09. The van der Waals surface area contributed by atoms with Gasteiger partial charge in [-0.2, -0.15) is 0 Å². The van der Waals surface area contributed by atoms with Gasteiger partial charge in [-0.3, -0.25) is 0 Å². The predicted octanol–water partition coefficient (Wildman–Crippen LogP) is 2.91.